The molecule has 0 aliphatic carbocycles. The molecular formula is C11H16ClNO. The monoisotopic (exact) mass is 213 g/mol. The second kappa shape index (κ2) is 5.35. The fourth-order valence-corrected chi connectivity index (χ4v) is 1.58. The van der Waals surface area contributed by atoms with Gasteiger partial charge in [0.2, 0.25) is 0 Å². The van der Waals surface area contributed by atoms with Gasteiger partial charge in [0.25, 0.3) is 0 Å². The van der Waals surface area contributed by atoms with Gasteiger partial charge in [-0.25, -0.2) is 0 Å². The van der Waals surface area contributed by atoms with Crippen LogP contribution in [0.1, 0.15) is 17.2 Å². The van der Waals surface area contributed by atoms with Gasteiger partial charge in [-0.05, 0) is 12.5 Å². The van der Waals surface area contributed by atoms with Gasteiger partial charge in [0.1, 0.15) is 0 Å². The zero-order valence-corrected chi connectivity index (χ0v) is 9.14. The minimum atomic E-state index is 0. The molecular weight excluding hydrogens is 198 g/mol. The van der Waals surface area contributed by atoms with Crippen LogP contribution in [0, 0.1) is 6.92 Å². The summed E-state index contributed by atoms with van der Waals surface area (Å²) in [5, 5.41) is 3.43. The molecule has 1 fully saturated rings. The van der Waals surface area contributed by atoms with Gasteiger partial charge in [-0.2, -0.15) is 0 Å². The third-order valence-electron chi connectivity index (χ3n) is 2.40. The van der Waals surface area contributed by atoms with Crippen molar-refractivity contribution in [1.82, 2.24) is 5.32 Å². The molecule has 2 rings (SSSR count). The van der Waals surface area contributed by atoms with Crippen LogP contribution in [0.4, 0.5) is 0 Å². The van der Waals surface area contributed by atoms with Gasteiger partial charge in [-0.3, -0.25) is 0 Å². The molecule has 0 radical (unpaired) electrons. The van der Waals surface area contributed by atoms with Gasteiger partial charge in [-0.15, -0.1) is 12.4 Å². The number of halogens is 1. The molecule has 0 unspecified atom stereocenters. The van der Waals surface area contributed by atoms with Gasteiger partial charge >= 0.3 is 0 Å². The summed E-state index contributed by atoms with van der Waals surface area (Å²) in [6, 6.07) is 9.01. The van der Waals surface area contributed by atoms with Crippen LogP contribution in [0.15, 0.2) is 24.3 Å². The molecule has 78 valence electrons. The molecule has 3 heteroatoms. The summed E-state index contributed by atoms with van der Waals surface area (Å²) in [5.74, 6) is 0. The Labute approximate surface area is 91.1 Å². The van der Waals surface area contributed by atoms with E-state index in [2.05, 4.69) is 36.5 Å². The molecule has 0 bridgehead atoms. The minimum absolute atomic E-state index is 0. The minimum Gasteiger partial charge on any atom is -0.378 e. The summed E-state index contributed by atoms with van der Waals surface area (Å²) in [7, 11) is 0. The van der Waals surface area contributed by atoms with E-state index in [-0.39, 0.29) is 12.4 Å². The normalized spacial score (nSPS) is 21.4. The van der Waals surface area contributed by atoms with Crippen LogP contribution in [0.25, 0.3) is 0 Å². The van der Waals surface area contributed by atoms with Gasteiger partial charge in [0, 0.05) is 6.54 Å². The average Bonchev–Trinajstić information content (AvgIpc) is 2.20. The van der Waals surface area contributed by atoms with E-state index in [1.165, 1.54) is 11.1 Å². The lowest BCUT2D eigenvalue weighted by Crippen LogP contribution is -2.34. The lowest BCUT2D eigenvalue weighted by Gasteiger charge is -2.24. The molecule has 1 heterocycles. The predicted octanol–water partition coefficient (Wildman–Crippen LogP) is 2.08. The highest BCUT2D eigenvalue weighted by molar-refractivity contribution is 5.85. The highest BCUT2D eigenvalue weighted by atomic mass is 35.5. The van der Waals surface area contributed by atoms with E-state index < -0.39 is 0 Å². The van der Waals surface area contributed by atoms with Crippen molar-refractivity contribution >= 4 is 12.4 Å². The second-order valence-corrected chi connectivity index (χ2v) is 3.49. The maximum absolute atomic E-state index is 5.40. The number of nitrogens with one attached hydrogen (secondary N) is 1. The molecule has 0 aromatic heterocycles. The Kier molecular flexibility index (Phi) is 4.39. The number of hydrogen-bond acceptors (Lipinski definition) is 2. The fraction of sp³-hybridized carbons (Fsp3) is 0.455. The zero-order chi connectivity index (χ0) is 9.10. The SMILES string of the molecule is Cc1ccc([C@H]2COCCN2)cc1.Cl. The first-order valence-electron chi connectivity index (χ1n) is 4.74. The van der Waals surface area contributed by atoms with E-state index >= 15 is 0 Å². The number of ether oxygens (including phenoxy) is 1. The molecule has 14 heavy (non-hydrogen) atoms. The fourth-order valence-electron chi connectivity index (χ4n) is 1.58. The number of aryl methyl sites for hydroxylation is 1. The van der Waals surface area contributed by atoms with E-state index in [4.69, 9.17) is 4.74 Å². The van der Waals surface area contributed by atoms with Crippen LogP contribution >= 0.6 is 12.4 Å². The first-order valence-corrected chi connectivity index (χ1v) is 4.74. The first kappa shape index (κ1) is 11.5. The van der Waals surface area contributed by atoms with Crippen LogP contribution in [0.3, 0.4) is 0 Å². The maximum atomic E-state index is 5.40. The topological polar surface area (TPSA) is 21.3 Å². The first-order chi connectivity index (χ1) is 6.36. The molecule has 2 nitrogen and oxygen atoms in total. The van der Waals surface area contributed by atoms with E-state index in [0.29, 0.717) is 6.04 Å². The molecule has 1 aliphatic rings. The number of rotatable bonds is 1. The van der Waals surface area contributed by atoms with E-state index in [1.54, 1.807) is 0 Å². The third-order valence-corrected chi connectivity index (χ3v) is 2.40. The molecule has 1 aromatic rings. The lowest BCUT2D eigenvalue weighted by atomic mass is 10.1. The predicted molar refractivity (Wildman–Crippen MR) is 60.0 cm³/mol. The van der Waals surface area contributed by atoms with Crippen molar-refractivity contribution in [3.63, 3.8) is 0 Å². The van der Waals surface area contributed by atoms with Crippen molar-refractivity contribution in [3.8, 4) is 0 Å². The Balaban J connectivity index is 0.000000980. The van der Waals surface area contributed by atoms with E-state index in [9.17, 15) is 0 Å². The van der Waals surface area contributed by atoms with Crippen LogP contribution < -0.4 is 5.32 Å². The molecule has 0 amide bonds. The standard InChI is InChI=1S/C11H15NO.ClH/c1-9-2-4-10(5-3-9)11-8-13-7-6-12-11;/h2-5,11-12H,6-8H2,1H3;1H/t11-;/m1./s1. The van der Waals surface area contributed by atoms with Crippen LogP contribution in [0.5, 0.6) is 0 Å². The summed E-state index contributed by atoms with van der Waals surface area (Å²) in [5.41, 5.74) is 2.63. The largest absolute Gasteiger partial charge is 0.378 e. The quantitative estimate of drug-likeness (QED) is 0.772. The van der Waals surface area contributed by atoms with E-state index in [1.807, 2.05) is 0 Å². The summed E-state index contributed by atoms with van der Waals surface area (Å²) in [6.07, 6.45) is 0. The summed E-state index contributed by atoms with van der Waals surface area (Å²) in [4.78, 5) is 0. The third kappa shape index (κ3) is 2.71. The Hall–Kier alpha value is -0.570. The zero-order valence-electron chi connectivity index (χ0n) is 8.32. The van der Waals surface area contributed by atoms with Gasteiger partial charge in [0.05, 0.1) is 19.3 Å². The highest BCUT2D eigenvalue weighted by Crippen LogP contribution is 2.15. The Morgan fingerprint density at radius 3 is 2.57 bits per heavy atom. The lowest BCUT2D eigenvalue weighted by molar-refractivity contribution is 0.0769. The van der Waals surface area contributed by atoms with Crippen molar-refractivity contribution in [3.05, 3.63) is 35.4 Å². The van der Waals surface area contributed by atoms with Gasteiger partial charge in [0.15, 0.2) is 0 Å². The molecule has 1 aliphatic heterocycles. The molecule has 0 spiro atoms. The molecule has 1 aromatic carbocycles. The highest BCUT2D eigenvalue weighted by Gasteiger charge is 2.14. The average molecular weight is 214 g/mol. The van der Waals surface area contributed by atoms with Crippen molar-refractivity contribution in [2.75, 3.05) is 19.8 Å². The molecule has 1 saturated heterocycles. The number of hydrogen-bond donors (Lipinski definition) is 1. The molecule has 0 saturated carbocycles. The Morgan fingerprint density at radius 1 is 1.29 bits per heavy atom. The summed E-state index contributed by atoms with van der Waals surface area (Å²) >= 11 is 0. The number of benzene rings is 1. The van der Waals surface area contributed by atoms with Crippen molar-refractivity contribution < 1.29 is 4.74 Å². The van der Waals surface area contributed by atoms with E-state index in [0.717, 1.165) is 19.8 Å². The van der Waals surface area contributed by atoms with Crippen LogP contribution in [0.2, 0.25) is 0 Å². The Bertz CT molecular complexity index is 267. The Morgan fingerprint density at radius 2 is 2.00 bits per heavy atom. The number of morpholine rings is 1. The summed E-state index contributed by atoms with van der Waals surface area (Å²) in [6.45, 7) is 4.69. The molecule has 1 N–H and O–H groups in total. The second-order valence-electron chi connectivity index (χ2n) is 3.49. The summed E-state index contributed by atoms with van der Waals surface area (Å²) < 4.78 is 5.40. The van der Waals surface area contributed by atoms with Crippen molar-refractivity contribution in [2.45, 2.75) is 13.0 Å². The van der Waals surface area contributed by atoms with Crippen molar-refractivity contribution in [1.29, 1.82) is 0 Å². The smallest absolute Gasteiger partial charge is 0.0662 e. The van der Waals surface area contributed by atoms with Crippen molar-refractivity contribution in [2.24, 2.45) is 0 Å². The maximum Gasteiger partial charge on any atom is 0.0662 e. The molecule has 1 atom stereocenters. The van der Waals surface area contributed by atoms with Gasteiger partial charge in [-0.1, -0.05) is 29.8 Å². The van der Waals surface area contributed by atoms with Crippen LogP contribution in [-0.4, -0.2) is 19.8 Å². The van der Waals surface area contributed by atoms with Crippen LogP contribution in [-0.2, 0) is 4.74 Å². The van der Waals surface area contributed by atoms with Gasteiger partial charge < -0.3 is 10.1 Å².